The van der Waals surface area contributed by atoms with Gasteiger partial charge < -0.3 is 14.8 Å². The summed E-state index contributed by atoms with van der Waals surface area (Å²) in [5.74, 6) is 0.216. The second kappa shape index (κ2) is 10.9. The van der Waals surface area contributed by atoms with Crippen molar-refractivity contribution in [2.24, 2.45) is 0 Å². The lowest BCUT2D eigenvalue weighted by molar-refractivity contribution is 0.0518. The molecule has 2 aliphatic carbocycles. The fourth-order valence-corrected chi connectivity index (χ4v) is 7.05. The van der Waals surface area contributed by atoms with Crippen molar-refractivity contribution >= 4 is 27.9 Å². The van der Waals surface area contributed by atoms with Gasteiger partial charge in [-0.25, -0.2) is 4.98 Å². The third-order valence-electron chi connectivity index (χ3n) is 8.42. The number of rotatable bonds is 6. The third-order valence-corrected chi connectivity index (χ3v) is 9.16. The fourth-order valence-electron chi connectivity index (χ4n) is 6.55. The maximum atomic E-state index is 13.9. The van der Waals surface area contributed by atoms with Crippen molar-refractivity contribution in [3.63, 3.8) is 0 Å². The van der Waals surface area contributed by atoms with Crippen LogP contribution in [0.25, 0.3) is 6.08 Å². The molecule has 1 amide bonds. The predicted octanol–water partition coefficient (Wildman–Crippen LogP) is 7.47. The van der Waals surface area contributed by atoms with Gasteiger partial charge in [-0.1, -0.05) is 84.4 Å². The van der Waals surface area contributed by atoms with Crippen LogP contribution in [0.4, 0.5) is 0 Å². The molecule has 2 saturated carbocycles. The summed E-state index contributed by atoms with van der Waals surface area (Å²) in [5.41, 5.74) is 5.28. The Labute approximate surface area is 228 Å². The maximum Gasteiger partial charge on any atom is 0.254 e. The quantitative estimate of drug-likeness (QED) is 0.341. The van der Waals surface area contributed by atoms with E-state index in [4.69, 9.17) is 0 Å². The van der Waals surface area contributed by atoms with Crippen LogP contribution in [0.2, 0.25) is 0 Å². The van der Waals surface area contributed by atoms with Crippen molar-refractivity contribution in [2.45, 2.75) is 82.5 Å². The minimum absolute atomic E-state index is 0.0565. The van der Waals surface area contributed by atoms with Gasteiger partial charge in [0.2, 0.25) is 0 Å². The van der Waals surface area contributed by atoms with Gasteiger partial charge in [0.25, 0.3) is 5.91 Å². The van der Waals surface area contributed by atoms with Crippen LogP contribution in [0.15, 0.2) is 65.5 Å². The van der Waals surface area contributed by atoms with Gasteiger partial charge in [-0.15, -0.1) is 0 Å². The fraction of sp³-hybridized carbons (Fsp3) is 0.419. The summed E-state index contributed by atoms with van der Waals surface area (Å²) in [5, 5.41) is 0. The lowest BCUT2D eigenvalue weighted by Gasteiger charge is -2.39. The summed E-state index contributed by atoms with van der Waals surface area (Å²) in [6, 6.07) is 17.6. The number of H-pyrrole nitrogens is 1. The normalized spacial score (nSPS) is 20.2. The molecule has 6 rings (SSSR count). The Morgan fingerprint density at radius 3 is 2.38 bits per heavy atom. The number of fused-ring (bicyclic) bond motifs is 1. The highest BCUT2D eigenvalue weighted by atomic mass is 79.9. The van der Waals surface area contributed by atoms with E-state index in [9.17, 15) is 4.79 Å². The molecule has 1 aromatic heterocycles. The molecule has 0 spiro atoms. The van der Waals surface area contributed by atoms with Crippen molar-refractivity contribution in [1.82, 2.24) is 19.8 Å². The number of halogens is 1. The summed E-state index contributed by atoms with van der Waals surface area (Å²) in [7, 11) is 0. The van der Waals surface area contributed by atoms with Crippen LogP contribution >= 0.6 is 15.9 Å². The van der Waals surface area contributed by atoms with E-state index in [1.54, 1.807) is 6.33 Å². The molecule has 37 heavy (non-hydrogen) atoms. The molecule has 2 aromatic carbocycles. The number of nitrogens with one attached hydrogen (secondary N) is 1. The van der Waals surface area contributed by atoms with Gasteiger partial charge in [-0.3, -0.25) is 4.79 Å². The van der Waals surface area contributed by atoms with Gasteiger partial charge in [0.15, 0.2) is 0 Å². The lowest BCUT2D eigenvalue weighted by Crippen LogP contribution is -2.47. The van der Waals surface area contributed by atoms with E-state index in [-0.39, 0.29) is 11.9 Å². The van der Waals surface area contributed by atoms with E-state index in [2.05, 4.69) is 90.4 Å². The van der Waals surface area contributed by atoms with Gasteiger partial charge >= 0.3 is 0 Å². The Bertz CT molecular complexity index is 1260. The zero-order valence-electron chi connectivity index (χ0n) is 21.3. The first kappa shape index (κ1) is 24.5. The minimum atomic E-state index is 0.0565. The zero-order valence-corrected chi connectivity index (χ0v) is 22.9. The highest BCUT2D eigenvalue weighted by molar-refractivity contribution is 9.10. The van der Waals surface area contributed by atoms with Gasteiger partial charge in [0, 0.05) is 34.9 Å². The number of aromatic amines is 1. The number of aromatic nitrogens is 2. The first-order valence-electron chi connectivity index (χ1n) is 13.8. The molecule has 0 bridgehead atoms. The molecule has 3 aromatic rings. The number of nitrogens with zero attached hydrogens (tertiary/aromatic N) is 3. The number of benzene rings is 2. The summed E-state index contributed by atoms with van der Waals surface area (Å²) < 4.78 is 0.990. The molecular weight excluding hydrogens is 524 g/mol. The highest BCUT2D eigenvalue weighted by Gasteiger charge is 2.34. The van der Waals surface area contributed by atoms with Crippen molar-refractivity contribution < 1.29 is 4.79 Å². The molecular formula is C31H35BrN4O. The highest BCUT2D eigenvalue weighted by Crippen LogP contribution is 2.36. The maximum absolute atomic E-state index is 13.9. The number of carbonyl (C=O) groups excluding carboxylic acids is 1. The Kier molecular flexibility index (Phi) is 7.18. The SMILES string of the molecule is O=C(c1ccc(CN2C=Cc3nc[nH]c3C2c2ccccc2)c(Br)c1)N(C1CCCCC1)C1CCCC1. The second-order valence-corrected chi connectivity index (χ2v) is 11.6. The minimum Gasteiger partial charge on any atom is -0.360 e. The third kappa shape index (κ3) is 5.00. The smallest absolute Gasteiger partial charge is 0.254 e. The summed E-state index contributed by atoms with van der Waals surface area (Å²) >= 11 is 3.83. The van der Waals surface area contributed by atoms with E-state index >= 15 is 0 Å². The summed E-state index contributed by atoms with van der Waals surface area (Å²) in [6.07, 6.45) is 16.9. The molecule has 5 nitrogen and oxygen atoms in total. The van der Waals surface area contributed by atoms with Crippen molar-refractivity contribution in [2.75, 3.05) is 0 Å². The number of carbonyl (C=O) groups is 1. The first-order chi connectivity index (χ1) is 18.2. The molecule has 1 atom stereocenters. The van der Waals surface area contributed by atoms with Crippen LogP contribution in [0.1, 0.15) is 96.7 Å². The molecule has 2 fully saturated rings. The molecule has 2 heterocycles. The Morgan fingerprint density at radius 2 is 1.68 bits per heavy atom. The first-order valence-corrected chi connectivity index (χ1v) is 14.6. The van der Waals surface area contributed by atoms with Gasteiger partial charge in [-0.05, 0) is 55.0 Å². The average Bonchev–Trinajstić information content (AvgIpc) is 3.64. The van der Waals surface area contributed by atoms with E-state index in [1.165, 1.54) is 37.7 Å². The van der Waals surface area contributed by atoms with E-state index in [1.807, 2.05) is 6.07 Å². The van der Waals surface area contributed by atoms with E-state index in [0.29, 0.717) is 12.1 Å². The zero-order chi connectivity index (χ0) is 25.2. The van der Waals surface area contributed by atoms with Gasteiger partial charge in [-0.2, -0.15) is 0 Å². The molecule has 1 N–H and O–H groups in total. The Hall–Kier alpha value is -2.86. The summed E-state index contributed by atoms with van der Waals surface area (Å²) in [6.45, 7) is 0.721. The molecule has 3 aliphatic rings. The van der Waals surface area contributed by atoms with E-state index < -0.39 is 0 Å². The van der Waals surface area contributed by atoms with Crippen LogP contribution in [-0.2, 0) is 6.54 Å². The largest absolute Gasteiger partial charge is 0.360 e. The molecule has 1 aliphatic heterocycles. The topological polar surface area (TPSA) is 52.2 Å². The number of amides is 1. The van der Waals surface area contributed by atoms with Crippen LogP contribution in [0.3, 0.4) is 0 Å². The average molecular weight is 560 g/mol. The number of imidazole rings is 1. The molecule has 192 valence electrons. The lowest BCUT2D eigenvalue weighted by atomic mass is 9.92. The van der Waals surface area contributed by atoms with Gasteiger partial charge in [0.05, 0.1) is 23.8 Å². The number of hydrogen-bond donors (Lipinski definition) is 1. The summed E-state index contributed by atoms with van der Waals surface area (Å²) in [4.78, 5) is 26.4. The van der Waals surface area contributed by atoms with Crippen molar-refractivity contribution in [3.8, 4) is 0 Å². The molecule has 0 saturated heterocycles. The van der Waals surface area contributed by atoms with E-state index in [0.717, 1.165) is 59.2 Å². The molecule has 1 unspecified atom stereocenters. The predicted molar refractivity (Wildman–Crippen MR) is 151 cm³/mol. The van der Waals surface area contributed by atoms with Crippen LogP contribution in [0.5, 0.6) is 0 Å². The standard InChI is InChI=1S/C31H35BrN4O/c32-27-19-23(31(37)36(26-13-7-8-14-26)25-11-5-2-6-12-25)15-16-24(27)20-35-18-17-28-29(34-21-33-28)30(35)22-9-3-1-4-10-22/h1,3-4,9-10,15-19,21,25-26,30H,2,5-8,11-14,20H2,(H,33,34). The van der Waals surface area contributed by atoms with Crippen molar-refractivity contribution in [3.05, 3.63) is 93.6 Å². The Morgan fingerprint density at radius 1 is 0.973 bits per heavy atom. The molecule has 6 heteroatoms. The monoisotopic (exact) mass is 558 g/mol. The molecule has 0 radical (unpaired) electrons. The van der Waals surface area contributed by atoms with Gasteiger partial charge in [0.1, 0.15) is 0 Å². The Balaban J connectivity index is 1.25. The van der Waals surface area contributed by atoms with Crippen LogP contribution < -0.4 is 0 Å². The van der Waals surface area contributed by atoms with Crippen LogP contribution in [0, 0.1) is 0 Å². The van der Waals surface area contributed by atoms with Crippen LogP contribution in [-0.4, -0.2) is 37.8 Å². The number of hydrogen-bond acceptors (Lipinski definition) is 3. The second-order valence-electron chi connectivity index (χ2n) is 10.8. The van der Waals surface area contributed by atoms with Crippen molar-refractivity contribution in [1.29, 1.82) is 0 Å².